The summed E-state index contributed by atoms with van der Waals surface area (Å²) in [5, 5.41) is 14.7. The van der Waals surface area contributed by atoms with Gasteiger partial charge in [0.05, 0.1) is 49.7 Å². The second-order valence-corrected chi connectivity index (χ2v) is 20.5. The first-order valence-electron chi connectivity index (χ1n) is 24.9. The Hall–Kier alpha value is -6.71. The average Bonchev–Trinajstić information content (AvgIpc) is 3.86. The number of methoxy groups -OCH3 is 1. The Labute approximate surface area is 415 Å². The molecule has 4 aromatic rings. The molecule has 0 bridgehead atoms. The van der Waals surface area contributed by atoms with Gasteiger partial charge in [-0.1, -0.05) is 67.9 Å². The Morgan fingerprint density at radius 2 is 1.58 bits per heavy atom. The van der Waals surface area contributed by atoms with Crippen molar-refractivity contribution in [1.82, 2.24) is 15.1 Å². The van der Waals surface area contributed by atoms with Crippen LogP contribution in [-0.2, 0) is 33.8 Å². The number of rotatable bonds is 16. The summed E-state index contributed by atoms with van der Waals surface area (Å²) in [6.45, 7) is 10.1. The van der Waals surface area contributed by atoms with Crippen molar-refractivity contribution in [2.45, 2.75) is 123 Å². The number of Topliss-reactive ketones (excluding diaryl/α,β-unsaturated/α-hetero) is 1. The number of hydrogen-bond acceptors (Lipinski definition) is 11. The summed E-state index contributed by atoms with van der Waals surface area (Å²) in [5.74, 6) is 0.518. The molecule has 4 aliphatic heterocycles. The van der Waals surface area contributed by atoms with Crippen LogP contribution < -0.4 is 30.2 Å². The minimum atomic E-state index is -1.38. The molecular formula is C56H65N5O10. The summed E-state index contributed by atoms with van der Waals surface area (Å²) in [7, 11) is 1.56. The SMILES string of the molecule is COc1cc2c(cc1OCCCOc1cc3c(cc1C)C(=O)N1CC4(CC4)C[C@H]1[C@H](O)N3C(=O)OCc1ccc(CC(=O)[C@H](C)NC(=O)[C@@H](N)C(C)C)cc1)CC[C@@H]1CC(c3ccc(C)cc3)=CN1C2=O. The minimum absolute atomic E-state index is 0.0489. The summed E-state index contributed by atoms with van der Waals surface area (Å²) >= 11 is 0. The van der Waals surface area contributed by atoms with Crippen molar-refractivity contribution in [2.24, 2.45) is 17.1 Å². The zero-order valence-electron chi connectivity index (χ0n) is 41.5. The van der Waals surface area contributed by atoms with Crippen molar-refractivity contribution in [3.63, 3.8) is 0 Å². The van der Waals surface area contributed by atoms with E-state index in [4.69, 9.17) is 24.7 Å². The number of aryl methyl sites for hydroxylation is 3. The Bertz CT molecular complexity index is 2750. The van der Waals surface area contributed by atoms with Crippen LogP contribution in [0, 0.1) is 25.2 Å². The summed E-state index contributed by atoms with van der Waals surface area (Å²) in [6, 6.07) is 20.5. The van der Waals surface area contributed by atoms with Crippen LogP contribution in [0.15, 0.2) is 79.0 Å². The smallest absolute Gasteiger partial charge is 0.416 e. The fraction of sp³-hybridized carbons (Fsp3) is 0.446. The summed E-state index contributed by atoms with van der Waals surface area (Å²) < 4.78 is 24.2. The lowest BCUT2D eigenvalue weighted by Gasteiger charge is -2.31. The Morgan fingerprint density at radius 3 is 2.27 bits per heavy atom. The standard InChI is InChI=1S/C56H65N5O10/c1-32(2)50(57)51(63)58-35(5)46(62)23-36-10-12-37(13-11-36)30-71-55(67)61-44-27-47(34(4)22-43(44)53(65)60-31-56(18-19-56)28-45(60)54(61)66)69-20-7-21-70-49-25-39-16-17-41-24-40(38-14-8-33(3)9-15-38)29-59(41)52(64)42(39)26-48(49)68-6/h8-15,22,25-27,29,32,35,41,45,50,54,66H,7,16-21,23-24,28,30-31,57H2,1-6H3,(H,58,63)/t35-,41+,45-,50-,54-/m0/s1. The lowest BCUT2D eigenvalue weighted by Crippen LogP contribution is -2.50. The molecule has 4 heterocycles. The van der Waals surface area contributed by atoms with E-state index in [0.717, 1.165) is 47.9 Å². The molecule has 15 heteroatoms. The second kappa shape index (κ2) is 20.2. The molecule has 4 aromatic carbocycles. The second-order valence-electron chi connectivity index (χ2n) is 20.5. The van der Waals surface area contributed by atoms with Crippen molar-refractivity contribution < 1.29 is 48.0 Å². The van der Waals surface area contributed by atoms with Gasteiger partial charge in [0.2, 0.25) is 5.91 Å². The van der Waals surface area contributed by atoms with Crippen LogP contribution in [0.3, 0.4) is 0 Å². The number of aliphatic hydroxyl groups excluding tert-OH is 1. The van der Waals surface area contributed by atoms with Gasteiger partial charge >= 0.3 is 6.09 Å². The molecule has 2 fully saturated rings. The fourth-order valence-electron chi connectivity index (χ4n) is 10.3. The van der Waals surface area contributed by atoms with Gasteiger partial charge in [-0.2, -0.15) is 0 Å². The van der Waals surface area contributed by atoms with E-state index >= 15 is 0 Å². The van der Waals surface area contributed by atoms with Crippen LogP contribution in [0.1, 0.15) is 113 Å². The van der Waals surface area contributed by atoms with Crippen LogP contribution in [0.4, 0.5) is 10.5 Å². The van der Waals surface area contributed by atoms with E-state index in [1.165, 1.54) is 10.5 Å². The van der Waals surface area contributed by atoms with Crippen molar-refractivity contribution in [3.8, 4) is 17.2 Å². The van der Waals surface area contributed by atoms with Crippen molar-refractivity contribution >= 4 is 40.9 Å². The highest BCUT2D eigenvalue weighted by Crippen LogP contribution is 2.57. The molecule has 4 amide bonds. The highest BCUT2D eigenvalue weighted by molar-refractivity contribution is 6.06. The summed E-state index contributed by atoms with van der Waals surface area (Å²) in [5.41, 5.74) is 13.4. The number of hydrogen-bond donors (Lipinski definition) is 3. The number of amides is 4. The number of ketones is 1. The van der Waals surface area contributed by atoms with Gasteiger partial charge in [0, 0.05) is 43.3 Å². The highest BCUT2D eigenvalue weighted by Gasteiger charge is 2.58. The Kier molecular flexibility index (Phi) is 14.0. The highest BCUT2D eigenvalue weighted by atomic mass is 16.6. The van der Waals surface area contributed by atoms with Gasteiger partial charge in [-0.25, -0.2) is 9.69 Å². The number of nitrogens with two attached hydrogens (primary N) is 1. The van der Waals surface area contributed by atoms with Gasteiger partial charge in [-0.05, 0) is 122 Å². The molecule has 0 unspecified atom stereocenters. The molecule has 5 atom stereocenters. The predicted molar refractivity (Wildman–Crippen MR) is 267 cm³/mol. The number of carbonyl (C=O) groups is 5. The van der Waals surface area contributed by atoms with Gasteiger partial charge in [0.25, 0.3) is 11.8 Å². The van der Waals surface area contributed by atoms with E-state index in [2.05, 4.69) is 36.5 Å². The van der Waals surface area contributed by atoms with E-state index in [9.17, 15) is 29.1 Å². The van der Waals surface area contributed by atoms with Crippen LogP contribution in [0.5, 0.6) is 17.2 Å². The minimum Gasteiger partial charge on any atom is -0.493 e. The molecule has 0 radical (unpaired) electrons. The van der Waals surface area contributed by atoms with Crippen LogP contribution in [0.2, 0.25) is 0 Å². The molecule has 9 rings (SSSR count). The van der Waals surface area contributed by atoms with E-state index in [1.54, 1.807) is 61.4 Å². The number of carbonyl (C=O) groups excluding carboxylic acids is 5. The number of aliphatic hydroxyl groups is 1. The first kappa shape index (κ1) is 49.3. The van der Waals surface area contributed by atoms with E-state index in [0.29, 0.717) is 59.7 Å². The predicted octanol–water partition coefficient (Wildman–Crippen LogP) is 7.43. The van der Waals surface area contributed by atoms with E-state index in [1.807, 2.05) is 37.9 Å². The molecule has 15 nitrogen and oxygen atoms in total. The van der Waals surface area contributed by atoms with Gasteiger partial charge in [-0.3, -0.25) is 19.2 Å². The quantitative estimate of drug-likeness (QED) is 0.0947. The maximum absolute atomic E-state index is 14.3. The maximum atomic E-state index is 14.3. The maximum Gasteiger partial charge on any atom is 0.416 e. The summed E-state index contributed by atoms with van der Waals surface area (Å²) in [4.78, 5) is 72.6. The van der Waals surface area contributed by atoms with E-state index < -0.39 is 30.4 Å². The molecule has 71 heavy (non-hydrogen) atoms. The van der Waals surface area contributed by atoms with E-state index in [-0.39, 0.29) is 78.4 Å². The van der Waals surface area contributed by atoms with Crippen LogP contribution in [0.25, 0.3) is 5.57 Å². The number of nitrogens with one attached hydrogen (secondary N) is 1. The van der Waals surface area contributed by atoms with Crippen molar-refractivity contribution in [1.29, 1.82) is 0 Å². The third-order valence-electron chi connectivity index (χ3n) is 15.0. The topological polar surface area (TPSA) is 190 Å². The molecule has 1 saturated carbocycles. The zero-order valence-corrected chi connectivity index (χ0v) is 41.5. The van der Waals surface area contributed by atoms with Gasteiger partial charge in [0.1, 0.15) is 12.4 Å². The largest absolute Gasteiger partial charge is 0.493 e. The molecule has 1 aliphatic carbocycles. The monoisotopic (exact) mass is 967 g/mol. The Morgan fingerprint density at radius 1 is 0.873 bits per heavy atom. The van der Waals surface area contributed by atoms with Gasteiger partial charge in [0.15, 0.2) is 23.5 Å². The first-order valence-corrected chi connectivity index (χ1v) is 24.9. The third-order valence-corrected chi connectivity index (χ3v) is 15.0. The lowest BCUT2D eigenvalue weighted by atomic mass is 9.97. The number of ether oxygens (including phenoxy) is 4. The Balaban J connectivity index is 0.846. The molecule has 1 spiro atoms. The number of anilines is 1. The third kappa shape index (κ3) is 10.3. The van der Waals surface area contributed by atoms with Crippen LogP contribution in [-0.4, -0.2) is 102 Å². The first-order chi connectivity index (χ1) is 34.0. The number of nitrogens with zero attached hydrogens (tertiary/aromatic N) is 3. The number of benzene rings is 4. The summed E-state index contributed by atoms with van der Waals surface area (Å²) in [6.07, 6.45) is 5.18. The zero-order chi connectivity index (χ0) is 50.3. The molecule has 5 aliphatic rings. The lowest BCUT2D eigenvalue weighted by molar-refractivity contribution is -0.128. The normalized spacial score (nSPS) is 20.5. The molecule has 374 valence electrons. The van der Waals surface area contributed by atoms with Crippen molar-refractivity contribution in [2.75, 3.05) is 31.8 Å². The van der Waals surface area contributed by atoms with Crippen LogP contribution >= 0.6 is 0 Å². The molecule has 0 aromatic heterocycles. The fourth-order valence-corrected chi connectivity index (χ4v) is 10.3. The average molecular weight is 968 g/mol. The molecular weight excluding hydrogens is 903 g/mol. The van der Waals surface area contributed by atoms with Crippen molar-refractivity contribution in [3.05, 3.63) is 124 Å². The molecule has 4 N–H and O–H groups in total. The van der Waals surface area contributed by atoms with Gasteiger partial charge in [-0.15, -0.1) is 0 Å². The number of fused-ring (bicyclic) bond motifs is 4. The molecule has 1 saturated heterocycles. The van der Waals surface area contributed by atoms with Gasteiger partial charge < -0.3 is 44.9 Å².